The molecule has 5 nitrogen and oxygen atoms in total. The summed E-state index contributed by atoms with van der Waals surface area (Å²) in [7, 11) is 2.36. The van der Waals surface area contributed by atoms with Gasteiger partial charge in [0.2, 0.25) is 0 Å². The third-order valence-corrected chi connectivity index (χ3v) is 3.62. The minimum atomic E-state index is -1.47. The van der Waals surface area contributed by atoms with Crippen molar-refractivity contribution in [2.24, 2.45) is 0 Å². The smallest absolute Gasteiger partial charge is 0.333 e. The molecule has 1 atom stereocenters. The van der Waals surface area contributed by atoms with Crippen molar-refractivity contribution in [1.82, 2.24) is 4.90 Å². The second-order valence-corrected chi connectivity index (χ2v) is 5.20. The van der Waals surface area contributed by atoms with E-state index >= 15 is 0 Å². The second kappa shape index (κ2) is 7.53. The van der Waals surface area contributed by atoms with Crippen LogP contribution in [0.3, 0.4) is 0 Å². The zero-order chi connectivity index (χ0) is 18.6. The molecular formula is C18H14F2N2O3. The third-order valence-electron chi connectivity index (χ3n) is 3.62. The first-order valence-electron chi connectivity index (χ1n) is 7.19. The highest BCUT2D eigenvalue weighted by molar-refractivity contribution is 5.97. The molecule has 0 aliphatic rings. The monoisotopic (exact) mass is 344 g/mol. The average Bonchev–Trinajstić information content (AvgIpc) is 2.63. The molecule has 0 bridgehead atoms. The van der Waals surface area contributed by atoms with Gasteiger partial charge in [-0.3, -0.25) is 4.79 Å². The Hall–Kier alpha value is -3.27. The van der Waals surface area contributed by atoms with Crippen molar-refractivity contribution in [3.8, 4) is 6.07 Å². The number of benzene rings is 2. The van der Waals surface area contributed by atoms with Gasteiger partial charge in [0.25, 0.3) is 5.91 Å². The number of rotatable bonds is 4. The maximum Gasteiger partial charge on any atom is 0.333 e. The molecule has 0 fully saturated rings. The molecule has 1 amide bonds. The molecule has 25 heavy (non-hydrogen) atoms. The van der Waals surface area contributed by atoms with Crippen molar-refractivity contribution in [2.75, 3.05) is 14.2 Å². The molecule has 128 valence electrons. The molecule has 0 aliphatic heterocycles. The van der Waals surface area contributed by atoms with Crippen LogP contribution < -0.4 is 0 Å². The Balaban J connectivity index is 2.47. The number of methoxy groups -OCH3 is 1. The standard InChI is InChI=1S/C18H14F2N2O3/c1-22(17(23)12-5-3-4-11(8-12)10-21)16(18(24)25-2)14-9-13(19)6-7-15(14)20/h3-9,16H,1-2H3/t16-/m0/s1. The van der Waals surface area contributed by atoms with Crippen LogP contribution in [0.15, 0.2) is 42.5 Å². The van der Waals surface area contributed by atoms with Gasteiger partial charge in [-0.2, -0.15) is 5.26 Å². The fraction of sp³-hybridized carbons (Fsp3) is 0.167. The number of halogens is 2. The largest absolute Gasteiger partial charge is 0.467 e. The number of nitriles is 1. The first kappa shape index (κ1) is 18.1. The lowest BCUT2D eigenvalue weighted by Gasteiger charge is -2.27. The summed E-state index contributed by atoms with van der Waals surface area (Å²) in [6.45, 7) is 0. The van der Waals surface area contributed by atoms with Gasteiger partial charge in [-0.05, 0) is 36.4 Å². The number of likely N-dealkylation sites (N-methyl/N-ethyl adjacent to an activating group) is 1. The van der Waals surface area contributed by atoms with Crippen LogP contribution in [-0.4, -0.2) is 30.9 Å². The quantitative estimate of drug-likeness (QED) is 0.800. The molecule has 0 aliphatic carbocycles. The van der Waals surface area contributed by atoms with Crippen LogP contribution >= 0.6 is 0 Å². The molecular weight excluding hydrogens is 330 g/mol. The number of amides is 1. The Morgan fingerprint density at radius 3 is 2.56 bits per heavy atom. The molecule has 0 radical (unpaired) electrons. The van der Waals surface area contributed by atoms with Gasteiger partial charge >= 0.3 is 5.97 Å². The van der Waals surface area contributed by atoms with Gasteiger partial charge in [-0.25, -0.2) is 13.6 Å². The maximum absolute atomic E-state index is 14.1. The Kier molecular flexibility index (Phi) is 5.45. The maximum atomic E-state index is 14.1. The molecule has 0 saturated heterocycles. The number of carbonyl (C=O) groups is 2. The summed E-state index contributed by atoms with van der Waals surface area (Å²) in [6, 6.07) is 8.87. The first-order chi connectivity index (χ1) is 11.9. The Bertz CT molecular complexity index is 862. The number of ether oxygens (including phenoxy) is 1. The van der Waals surface area contributed by atoms with Crippen LogP contribution in [-0.2, 0) is 9.53 Å². The van der Waals surface area contributed by atoms with Crippen molar-refractivity contribution >= 4 is 11.9 Å². The summed E-state index contributed by atoms with van der Waals surface area (Å²) in [5, 5.41) is 8.92. The lowest BCUT2D eigenvalue weighted by Crippen LogP contribution is -2.37. The fourth-order valence-electron chi connectivity index (χ4n) is 2.37. The lowest BCUT2D eigenvalue weighted by atomic mass is 10.0. The van der Waals surface area contributed by atoms with Crippen molar-refractivity contribution in [3.63, 3.8) is 0 Å². The summed E-state index contributed by atoms with van der Waals surface area (Å²) >= 11 is 0. The van der Waals surface area contributed by atoms with E-state index in [-0.39, 0.29) is 16.7 Å². The highest BCUT2D eigenvalue weighted by Crippen LogP contribution is 2.26. The van der Waals surface area contributed by atoms with Gasteiger partial charge in [0.05, 0.1) is 18.7 Å². The SMILES string of the molecule is COC(=O)[C@H](c1cc(F)ccc1F)N(C)C(=O)c1cccc(C#N)c1. The fourth-order valence-corrected chi connectivity index (χ4v) is 2.37. The topological polar surface area (TPSA) is 70.4 Å². The summed E-state index contributed by atoms with van der Waals surface area (Å²) in [4.78, 5) is 25.7. The normalized spacial score (nSPS) is 11.3. The van der Waals surface area contributed by atoms with E-state index in [4.69, 9.17) is 5.26 Å². The van der Waals surface area contributed by atoms with E-state index in [9.17, 15) is 18.4 Å². The summed E-state index contributed by atoms with van der Waals surface area (Å²) in [5.74, 6) is -3.16. The molecule has 2 aromatic rings. The van der Waals surface area contributed by atoms with Crippen LogP contribution in [0.4, 0.5) is 8.78 Å². The van der Waals surface area contributed by atoms with Crippen LogP contribution in [0, 0.1) is 23.0 Å². The van der Waals surface area contributed by atoms with E-state index in [0.717, 1.165) is 30.2 Å². The highest BCUT2D eigenvalue weighted by Gasteiger charge is 2.32. The summed E-state index contributed by atoms with van der Waals surface area (Å²) in [5.41, 5.74) is 0.0669. The van der Waals surface area contributed by atoms with E-state index in [2.05, 4.69) is 4.74 Å². The van der Waals surface area contributed by atoms with E-state index in [0.29, 0.717) is 0 Å². The molecule has 0 unspecified atom stereocenters. The number of hydrogen-bond acceptors (Lipinski definition) is 4. The molecule has 0 aromatic heterocycles. The predicted molar refractivity (Wildman–Crippen MR) is 84.4 cm³/mol. The van der Waals surface area contributed by atoms with Crippen LogP contribution in [0.2, 0.25) is 0 Å². The molecule has 0 spiro atoms. The molecule has 2 rings (SSSR count). The zero-order valence-electron chi connectivity index (χ0n) is 13.5. The number of esters is 1. The highest BCUT2D eigenvalue weighted by atomic mass is 19.1. The predicted octanol–water partition coefficient (Wildman–Crippen LogP) is 2.82. The first-order valence-corrected chi connectivity index (χ1v) is 7.19. The Morgan fingerprint density at radius 1 is 1.20 bits per heavy atom. The number of carbonyl (C=O) groups excluding carboxylic acids is 2. The Labute approximate surface area is 143 Å². The van der Waals surface area contributed by atoms with Crippen LogP contribution in [0.5, 0.6) is 0 Å². The van der Waals surface area contributed by atoms with E-state index in [1.54, 1.807) is 0 Å². The van der Waals surface area contributed by atoms with Crippen LogP contribution in [0.25, 0.3) is 0 Å². The van der Waals surface area contributed by atoms with Gasteiger partial charge in [0.1, 0.15) is 11.6 Å². The minimum Gasteiger partial charge on any atom is -0.467 e. The van der Waals surface area contributed by atoms with E-state index in [1.165, 1.54) is 31.3 Å². The summed E-state index contributed by atoms with van der Waals surface area (Å²) in [6.07, 6.45) is 0. The van der Waals surface area contributed by atoms with Crippen LogP contribution in [0.1, 0.15) is 27.5 Å². The van der Waals surface area contributed by atoms with Crippen molar-refractivity contribution < 1.29 is 23.1 Å². The van der Waals surface area contributed by atoms with Crippen molar-refractivity contribution in [1.29, 1.82) is 5.26 Å². The van der Waals surface area contributed by atoms with Gasteiger partial charge in [0, 0.05) is 18.2 Å². The average molecular weight is 344 g/mol. The van der Waals surface area contributed by atoms with E-state index < -0.39 is 29.6 Å². The van der Waals surface area contributed by atoms with Crippen molar-refractivity contribution in [3.05, 3.63) is 70.8 Å². The second-order valence-electron chi connectivity index (χ2n) is 5.20. The van der Waals surface area contributed by atoms with Gasteiger partial charge in [-0.15, -0.1) is 0 Å². The van der Waals surface area contributed by atoms with Gasteiger partial charge in [0.15, 0.2) is 6.04 Å². The van der Waals surface area contributed by atoms with Gasteiger partial charge < -0.3 is 9.64 Å². The molecule has 0 heterocycles. The van der Waals surface area contributed by atoms with E-state index in [1.807, 2.05) is 6.07 Å². The van der Waals surface area contributed by atoms with Gasteiger partial charge in [-0.1, -0.05) is 6.07 Å². The minimum absolute atomic E-state index is 0.132. The molecule has 2 aromatic carbocycles. The Morgan fingerprint density at radius 2 is 1.92 bits per heavy atom. The van der Waals surface area contributed by atoms with Crippen molar-refractivity contribution in [2.45, 2.75) is 6.04 Å². The number of hydrogen-bond donors (Lipinski definition) is 0. The third kappa shape index (κ3) is 3.80. The molecule has 0 N–H and O–H groups in total. The zero-order valence-corrected chi connectivity index (χ0v) is 13.5. The lowest BCUT2D eigenvalue weighted by molar-refractivity contribution is -0.146. The molecule has 7 heteroatoms. The summed E-state index contributed by atoms with van der Waals surface area (Å²) < 4.78 is 32.2. The molecule has 0 saturated carbocycles. The number of nitrogens with zero attached hydrogens (tertiary/aromatic N) is 2.